The second-order valence-corrected chi connectivity index (χ2v) is 5.36. The van der Waals surface area contributed by atoms with Crippen LogP contribution in [-0.4, -0.2) is 46.3 Å². The van der Waals surface area contributed by atoms with Crippen LogP contribution < -0.4 is 10.9 Å². The first kappa shape index (κ1) is 14.5. The third-order valence-corrected chi connectivity index (χ3v) is 3.78. The standard InChI is InChI=1S/C16H18N4O2/c1-12-11-17-9-10-19(12)16(22)14-7-8-15(21)20(18-14)13-5-3-2-4-6-13/h2-8,12,17H,9-11H2,1H3. The van der Waals surface area contributed by atoms with Crippen LogP contribution in [0.25, 0.3) is 5.69 Å². The van der Waals surface area contributed by atoms with Crippen molar-refractivity contribution < 1.29 is 4.79 Å². The lowest BCUT2D eigenvalue weighted by molar-refractivity contribution is 0.0647. The van der Waals surface area contributed by atoms with E-state index in [1.165, 1.54) is 16.8 Å². The van der Waals surface area contributed by atoms with Gasteiger partial charge in [-0.3, -0.25) is 9.59 Å². The number of nitrogens with zero attached hydrogens (tertiary/aromatic N) is 3. The van der Waals surface area contributed by atoms with Crippen molar-refractivity contribution in [2.75, 3.05) is 19.6 Å². The summed E-state index contributed by atoms with van der Waals surface area (Å²) < 4.78 is 1.26. The quantitative estimate of drug-likeness (QED) is 0.885. The number of nitrogens with one attached hydrogen (secondary N) is 1. The third-order valence-electron chi connectivity index (χ3n) is 3.78. The molecule has 1 aromatic heterocycles. The summed E-state index contributed by atoms with van der Waals surface area (Å²) in [5, 5.41) is 7.49. The molecule has 0 aliphatic carbocycles. The molecule has 1 fully saturated rings. The van der Waals surface area contributed by atoms with Gasteiger partial charge in [0.25, 0.3) is 11.5 Å². The molecule has 6 nitrogen and oxygen atoms in total. The summed E-state index contributed by atoms with van der Waals surface area (Å²) in [5.41, 5.74) is 0.684. The SMILES string of the molecule is CC1CNCCN1C(=O)c1ccc(=O)n(-c2ccccc2)n1. The first-order valence-electron chi connectivity index (χ1n) is 7.34. The van der Waals surface area contributed by atoms with Gasteiger partial charge in [0, 0.05) is 31.7 Å². The van der Waals surface area contributed by atoms with Gasteiger partial charge in [-0.1, -0.05) is 18.2 Å². The van der Waals surface area contributed by atoms with Gasteiger partial charge < -0.3 is 10.2 Å². The monoisotopic (exact) mass is 298 g/mol. The second-order valence-electron chi connectivity index (χ2n) is 5.36. The van der Waals surface area contributed by atoms with E-state index in [1.54, 1.807) is 17.0 Å². The number of carbonyl (C=O) groups excluding carboxylic acids is 1. The molecule has 1 aliphatic heterocycles. The zero-order valence-electron chi connectivity index (χ0n) is 12.4. The Hall–Kier alpha value is -2.47. The van der Waals surface area contributed by atoms with Gasteiger partial charge in [0.15, 0.2) is 0 Å². The average Bonchev–Trinajstić information content (AvgIpc) is 2.56. The summed E-state index contributed by atoms with van der Waals surface area (Å²) in [6, 6.07) is 12.1. The molecule has 2 aromatic rings. The van der Waals surface area contributed by atoms with Gasteiger partial charge in [-0.15, -0.1) is 0 Å². The lowest BCUT2D eigenvalue weighted by Gasteiger charge is -2.33. The van der Waals surface area contributed by atoms with Crippen molar-refractivity contribution in [1.29, 1.82) is 0 Å². The van der Waals surface area contributed by atoms with Crippen LogP contribution in [0, 0.1) is 0 Å². The van der Waals surface area contributed by atoms with E-state index >= 15 is 0 Å². The Morgan fingerprint density at radius 1 is 1.23 bits per heavy atom. The van der Waals surface area contributed by atoms with Crippen LogP contribution in [0.15, 0.2) is 47.3 Å². The minimum atomic E-state index is -0.254. The van der Waals surface area contributed by atoms with Crippen molar-refractivity contribution in [2.45, 2.75) is 13.0 Å². The van der Waals surface area contributed by atoms with Crippen molar-refractivity contribution in [3.63, 3.8) is 0 Å². The van der Waals surface area contributed by atoms with Crippen molar-refractivity contribution in [2.24, 2.45) is 0 Å². The molecule has 1 saturated heterocycles. The van der Waals surface area contributed by atoms with Gasteiger partial charge in [0.2, 0.25) is 0 Å². The lowest BCUT2D eigenvalue weighted by atomic mass is 10.2. The zero-order valence-corrected chi connectivity index (χ0v) is 12.4. The van der Waals surface area contributed by atoms with Gasteiger partial charge in [-0.25, -0.2) is 0 Å². The normalized spacial score (nSPS) is 18.2. The fourth-order valence-electron chi connectivity index (χ4n) is 2.57. The number of benzene rings is 1. The van der Waals surface area contributed by atoms with E-state index in [0.717, 1.165) is 13.1 Å². The van der Waals surface area contributed by atoms with E-state index < -0.39 is 0 Å². The summed E-state index contributed by atoms with van der Waals surface area (Å²) in [7, 11) is 0. The highest BCUT2D eigenvalue weighted by molar-refractivity contribution is 5.92. The molecule has 0 bridgehead atoms. The molecule has 1 N–H and O–H groups in total. The number of para-hydroxylation sites is 1. The molecule has 0 radical (unpaired) electrons. The number of amides is 1. The molecule has 0 spiro atoms. The predicted octanol–water partition coefficient (Wildman–Crippen LogP) is 0.666. The summed E-state index contributed by atoms with van der Waals surface area (Å²) in [5.74, 6) is -0.140. The molecule has 6 heteroatoms. The summed E-state index contributed by atoms with van der Waals surface area (Å²) >= 11 is 0. The molecule has 1 aliphatic rings. The summed E-state index contributed by atoms with van der Waals surface area (Å²) in [6.45, 7) is 4.18. The Kier molecular flexibility index (Phi) is 4.02. The Morgan fingerprint density at radius 3 is 2.73 bits per heavy atom. The number of piperazine rings is 1. The number of aromatic nitrogens is 2. The number of hydrogen-bond donors (Lipinski definition) is 1. The highest BCUT2D eigenvalue weighted by Gasteiger charge is 2.25. The van der Waals surface area contributed by atoms with Crippen LogP contribution >= 0.6 is 0 Å². The van der Waals surface area contributed by atoms with Gasteiger partial charge in [-0.2, -0.15) is 9.78 Å². The second kappa shape index (κ2) is 6.11. The van der Waals surface area contributed by atoms with Gasteiger partial charge >= 0.3 is 0 Å². The number of rotatable bonds is 2. The Balaban J connectivity index is 1.95. The largest absolute Gasteiger partial charge is 0.332 e. The van der Waals surface area contributed by atoms with E-state index in [2.05, 4.69) is 10.4 Å². The molecule has 3 rings (SSSR count). The molecule has 2 heterocycles. The van der Waals surface area contributed by atoms with Gasteiger partial charge in [-0.05, 0) is 25.1 Å². The topological polar surface area (TPSA) is 67.2 Å². The fourth-order valence-corrected chi connectivity index (χ4v) is 2.57. The Bertz CT molecular complexity index is 726. The fraction of sp³-hybridized carbons (Fsp3) is 0.312. The minimum absolute atomic E-state index is 0.111. The van der Waals surface area contributed by atoms with Crippen molar-refractivity contribution >= 4 is 5.91 Å². The first-order chi connectivity index (χ1) is 10.7. The summed E-state index contributed by atoms with van der Waals surface area (Å²) in [4.78, 5) is 26.4. The molecule has 0 saturated carbocycles. The van der Waals surface area contributed by atoms with Crippen LogP contribution in [0.4, 0.5) is 0 Å². The van der Waals surface area contributed by atoms with Crippen LogP contribution in [0.3, 0.4) is 0 Å². The van der Waals surface area contributed by atoms with Crippen LogP contribution in [0.2, 0.25) is 0 Å². The Labute approximate surface area is 128 Å². The number of hydrogen-bond acceptors (Lipinski definition) is 4. The molecule has 114 valence electrons. The lowest BCUT2D eigenvalue weighted by Crippen LogP contribution is -2.52. The highest BCUT2D eigenvalue weighted by Crippen LogP contribution is 2.09. The maximum atomic E-state index is 12.6. The van der Waals surface area contributed by atoms with E-state index in [9.17, 15) is 9.59 Å². The molecular weight excluding hydrogens is 280 g/mol. The van der Waals surface area contributed by atoms with Crippen molar-refractivity contribution in [1.82, 2.24) is 20.0 Å². The average molecular weight is 298 g/mol. The van der Waals surface area contributed by atoms with E-state index in [4.69, 9.17) is 0 Å². The van der Waals surface area contributed by atoms with Crippen LogP contribution in [0.1, 0.15) is 17.4 Å². The smallest absolute Gasteiger partial charge is 0.274 e. The van der Waals surface area contributed by atoms with Gasteiger partial charge in [0.05, 0.1) is 5.69 Å². The third kappa shape index (κ3) is 2.78. The van der Waals surface area contributed by atoms with Gasteiger partial charge in [0.1, 0.15) is 5.69 Å². The maximum Gasteiger partial charge on any atom is 0.274 e. The van der Waals surface area contributed by atoms with E-state index in [-0.39, 0.29) is 23.2 Å². The highest BCUT2D eigenvalue weighted by atomic mass is 16.2. The minimum Gasteiger partial charge on any atom is -0.332 e. The molecule has 1 atom stereocenters. The molecular formula is C16H18N4O2. The zero-order chi connectivity index (χ0) is 15.5. The van der Waals surface area contributed by atoms with Crippen LogP contribution in [0.5, 0.6) is 0 Å². The molecule has 1 aromatic carbocycles. The van der Waals surface area contributed by atoms with Crippen molar-refractivity contribution in [3.8, 4) is 5.69 Å². The maximum absolute atomic E-state index is 12.6. The van der Waals surface area contributed by atoms with Crippen LogP contribution in [-0.2, 0) is 0 Å². The predicted molar refractivity (Wildman–Crippen MR) is 83.2 cm³/mol. The first-order valence-corrected chi connectivity index (χ1v) is 7.34. The van der Waals surface area contributed by atoms with E-state index in [0.29, 0.717) is 12.2 Å². The molecule has 1 unspecified atom stereocenters. The Morgan fingerprint density at radius 2 is 2.00 bits per heavy atom. The van der Waals surface area contributed by atoms with Crippen molar-refractivity contribution in [3.05, 3.63) is 58.5 Å². The molecule has 22 heavy (non-hydrogen) atoms. The summed E-state index contributed by atoms with van der Waals surface area (Å²) in [6.07, 6.45) is 0. The number of carbonyl (C=O) groups is 1. The molecule has 1 amide bonds. The van der Waals surface area contributed by atoms with E-state index in [1.807, 2.05) is 25.1 Å².